The number of halogens is 3. The highest BCUT2D eigenvalue weighted by molar-refractivity contribution is 5.89. The molecule has 0 N–H and O–H groups in total. The first kappa shape index (κ1) is 25.5. The zero-order chi connectivity index (χ0) is 25.7. The van der Waals surface area contributed by atoms with Crippen LogP contribution in [-0.4, -0.2) is 18.7 Å². The molecule has 36 heavy (non-hydrogen) atoms. The lowest BCUT2D eigenvalue weighted by molar-refractivity contribution is 0.0193. The van der Waals surface area contributed by atoms with Gasteiger partial charge in [-0.15, -0.1) is 0 Å². The highest BCUT2D eigenvalue weighted by Crippen LogP contribution is 2.38. The van der Waals surface area contributed by atoms with Crippen LogP contribution in [0.3, 0.4) is 0 Å². The summed E-state index contributed by atoms with van der Waals surface area (Å²) < 4.78 is 54.8. The van der Waals surface area contributed by atoms with Gasteiger partial charge in [-0.25, -0.2) is 18.0 Å². The molecule has 0 bridgehead atoms. The number of hydrogen-bond donors (Lipinski definition) is 0. The molecule has 1 saturated carbocycles. The van der Waals surface area contributed by atoms with E-state index in [1.807, 2.05) is 31.2 Å². The number of carbonyl (C=O) groups is 1. The number of ether oxygens (including phenoxy) is 2. The summed E-state index contributed by atoms with van der Waals surface area (Å²) in [5.74, 6) is -2.98. The van der Waals surface area contributed by atoms with Gasteiger partial charge in [0.2, 0.25) is 0 Å². The second-order valence-electron chi connectivity index (χ2n) is 8.91. The van der Waals surface area contributed by atoms with Crippen molar-refractivity contribution in [2.45, 2.75) is 51.6 Å². The van der Waals surface area contributed by atoms with Crippen molar-refractivity contribution in [3.05, 3.63) is 94.8 Å². The van der Waals surface area contributed by atoms with Crippen LogP contribution in [0.25, 0.3) is 17.2 Å². The molecule has 3 aromatic rings. The minimum absolute atomic E-state index is 0.0838. The van der Waals surface area contributed by atoms with E-state index in [2.05, 4.69) is 0 Å². The van der Waals surface area contributed by atoms with Crippen molar-refractivity contribution in [2.24, 2.45) is 0 Å². The first-order chi connectivity index (χ1) is 17.4. The average molecular weight is 495 g/mol. The van der Waals surface area contributed by atoms with E-state index in [1.54, 1.807) is 31.2 Å². The molecule has 1 aliphatic carbocycles. The monoisotopic (exact) mass is 494 g/mol. The topological polar surface area (TPSA) is 35.5 Å². The zero-order valence-electron chi connectivity index (χ0n) is 20.4. The maximum atomic E-state index is 15.1. The maximum Gasteiger partial charge on any atom is 0.338 e. The van der Waals surface area contributed by atoms with Gasteiger partial charge in [0, 0.05) is 5.56 Å². The number of carbonyl (C=O) groups excluding carboxylic acids is 1. The Bertz CT molecular complexity index is 1240. The molecule has 0 atom stereocenters. The van der Waals surface area contributed by atoms with E-state index in [0.717, 1.165) is 11.6 Å². The molecule has 3 aromatic carbocycles. The molecule has 0 unspecified atom stereocenters. The van der Waals surface area contributed by atoms with Gasteiger partial charge in [-0.3, -0.25) is 0 Å². The van der Waals surface area contributed by atoms with E-state index in [9.17, 15) is 13.6 Å². The van der Waals surface area contributed by atoms with Gasteiger partial charge in [-0.1, -0.05) is 48.6 Å². The van der Waals surface area contributed by atoms with Crippen molar-refractivity contribution >= 4 is 12.0 Å². The van der Waals surface area contributed by atoms with Gasteiger partial charge in [0.15, 0.2) is 23.2 Å². The van der Waals surface area contributed by atoms with Crippen LogP contribution in [0.5, 0.6) is 5.75 Å². The number of rotatable bonds is 7. The fraction of sp³-hybridized carbons (Fsp3) is 0.300. The molecular formula is C30H29F3O3. The Kier molecular flexibility index (Phi) is 8.14. The fourth-order valence-electron chi connectivity index (χ4n) is 4.68. The first-order valence-corrected chi connectivity index (χ1v) is 12.3. The van der Waals surface area contributed by atoms with Crippen LogP contribution in [0.4, 0.5) is 13.2 Å². The Morgan fingerprint density at radius 1 is 0.944 bits per heavy atom. The summed E-state index contributed by atoms with van der Waals surface area (Å²) in [6, 6.07) is 14.6. The van der Waals surface area contributed by atoms with Crippen molar-refractivity contribution in [2.75, 3.05) is 6.61 Å². The summed E-state index contributed by atoms with van der Waals surface area (Å²) in [7, 11) is 0. The maximum absolute atomic E-state index is 15.1. The van der Waals surface area contributed by atoms with Crippen molar-refractivity contribution in [3.63, 3.8) is 0 Å². The highest BCUT2D eigenvalue weighted by Gasteiger charge is 2.28. The molecule has 188 valence electrons. The van der Waals surface area contributed by atoms with Crippen LogP contribution in [0, 0.1) is 17.5 Å². The quantitative estimate of drug-likeness (QED) is 0.312. The van der Waals surface area contributed by atoms with E-state index in [1.165, 1.54) is 12.1 Å². The lowest BCUT2D eigenvalue weighted by Gasteiger charge is -2.29. The molecule has 3 nitrogen and oxygen atoms in total. The molecule has 1 aliphatic rings. The lowest BCUT2D eigenvalue weighted by Crippen LogP contribution is -2.24. The van der Waals surface area contributed by atoms with Crippen LogP contribution >= 0.6 is 0 Å². The summed E-state index contributed by atoms with van der Waals surface area (Å²) in [6.07, 6.45) is 5.66. The fourth-order valence-corrected chi connectivity index (χ4v) is 4.68. The number of allylic oxidation sites excluding steroid dienone is 1. The van der Waals surface area contributed by atoms with Gasteiger partial charge in [0.05, 0.1) is 12.2 Å². The van der Waals surface area contributed by atoms with E-state index in [-0.39, 0.29) is 28.9 Å². The van der Waals surface area contributed by atoms with Crippen LogP contribution in [0.2, 0.25) is 0 Å². The Balaban J connectivity index is 1.39. The largest absolute Gasteiger partial charge is 0.491 e. The van der Waals surface area contributed by atoms with E-state index >= 15 is 4.39 Å². The molecule has 6 heteroatoms. The van der Waals surface area contributed by atoms with Gasteiger partial charge >= 0.3 is 5.97 Å². The highest BCUT2D eigenvalue weighted by atomic mass is 19.2. The van der Waals surface area contributed by atoms with Crippen molar-refractivity contribution in [1.29, 1.82) is 0 Å². The second kappa shape index (κ2) is 11.5. The first-order valence-electron chi connectivity index (χ1n) is 12.3. The van der Waals surface area contributed by atoms with E-state index in [0.29, 0.717) is 43.4 Å². The van der Waals surface area contributed by atoms with Crippen LogP contribution in [0.1, 0.15) is 66.9 Å². The van der Waals surface area contributed by atoms with Gasteiger partial charge in [0.1, 0.15) is 6.10 Å². The molecule has 0 heterocycles. The Hall–Kier alpha value is -3.54. The minimum Gasteiger partial charge on any atom is -0.491 e. The summed E-state index contributed by atoms with van der Waals surface area (Å²) >= 11 is 0. The average Bonchev–Trinajstić information content (AvgIpc) is 2.88. The van der Waals surface area contributed by atoms with Crippen molar-refractivity contribution < 1.29 is 27.4 Å². The lowest BCUT2D eigenvalue weighted by atomic mass is 9.82. The third-order valence-electron chi connectivity index (χ3n) is 6.55. The zero-order valence-corrected chi connectivity index (χ0v) is 20.4. The molecule has 4 rings (SSSR count). The minimum atomic E-state index is -0.850. The normalized spacial score (nSPS) is 17.8. The molecule has 1 fully saturated rings. The van der Waals surface area contributed by atoms with Crippen LogP contribution < -0.4 is 4.74 Å². The summed E-state index contributed by atoms with van der Waals surface area (Å²) in [6.45, 7) is 3.99. The summed E-state index contributed by atoms with van der Waals surface area (Å²) in [5, 5.41) is 0. The van der Waals surface area contributed by atoms with Crippen molar-refractivity contribution in [3.8, 4) is 16.9 Å². The van der Waals surface area contributed by atoms with Gasteiger partial charge in [-0.05, 0) is 80.3 Å². The third kappa shape index (κ3) is 5.64. The SMILES string of the molecule is CC=Cc1ccc(-c2ccc(C3CCC(OC(=O)c4ccc(OCC)c(F)c4)CC3)c(F)c2F)cc1. The second-order valence-corrected chi connectivity index (χ2v) is 8.91. The van der Waals surface area contributed by atoms with E-state index < -0.39 is 23.4 Å². The Morgan fingerprint density at radius 2 is 1.67 bits per heavy atom. The number of hydrogen-bond acceptors (Lipinski definition) is 3. The van der Waals surface area contributed by atoms with E-state index in [4.69, 9.17) is 9.47 Å². The number of esters is 1. The van der Waals surface area contributed by atoms with Crippen molar-refractivity contribution in [1.82, 2.24) is 0 Å². The standard InChI is InChI=1S/C30H29F3O3/c1-3-5-19-6-8-20(9-7-19)24-15-16-25(29(33)28(24)32)21-10-13-23(14-11-21)36-30(34)22-12-17-27(35-4-2)26(31)18-22/h3,5-9,12,15-18,21,23H,4,10-11,13-14H2,1-2H3. The van der Waals surface area contributed by atoms with Gasteiger partial charge in [-0.2, -0.15) is 0 Å². The molecule has 0 radical (unpaired) electrons. The molecule has 0 saturated heterocycles. The van der Waals surface area contributed by atoms with Gasteiger partial charge in [0.25, 0.3) is 0 Å². The molecule has 0 aliphatic heterocycles. The predicted molar refractivity (Wildman–Crippen MR) is 134 cm³/mol. The Morgan fingerprint density at radius 3 is 2.31 bits per heavy atom. The van der Waals surface area contributed by atoms with Crippen LogP contribution in [-0.2, 0) is 4.74 Å². The Labute approximate surface area is 209 Å². The molecule has 0 amide bonds. The molecule has 0 spiro atoms. The predicted octanol–water partition coefficient (Wildman–Crippen LogP) is 8.09. The smallest absolute Gasteiger partial charge is 0.338 e. The molecular weight excluding hydrogens is 465 g/mol. The number of benzene rings is 3. The third-order valence-corrected chi connectivity index (χ3v) is 6.55. The van der Waals surface area contributed by atoms with Gasteiger partial charge < -0.3 is 9.47 Å². The molecule has 0 aromatic heterocycles. The summed E-state index contributed by atoms with van der Waals surface area (Å²) in [5.41, 5.74) is 2.30. The van der Waals surface area contributed by atoms with Crippen LogP contribution in [0.15, 0.2) is 60.7 Å². The summed E-state index contributed by atoms with van der Waals surface area (Å²) in [4.78, 5) is 12.5.